The number of amides is 1. The summed E-state index contributed by atoms with van der Waals surface area (Å²) < 4.78 is 19.5. The second-order valence-corrected chi connectivity index (χ2v) is 7.76. The molecule has 0 aliphatic carbocycles. The van der Waals surface area contributed by atoms with Gasteiger partial charge in [-0.25, -0.2) is 9.18 Å². The van der Waals surface area contributed by atoms with E-state index in [2.05, 4.69) is 10.4 Å². The smallest absolute Gasteiger partial charge is 0.359 e. The molecule has 32 heavy (non-hydrogen) atoms. The van der Waals surface area contributed by atoms with E-state index < -0.39 is 17.3 Å². The SMILES string of the molecule is CCOC(=O)c1nn(-c2ccc(F)cc2)c(=O)c2c(NC(=O)c3ccccc3C)scc12. The number of rotatable bonds is 5. The van der Waals surface area contributed by atoms with E-state index in [0.717, 1.165) is 21.6 Å². The molecule has 0 saturated carbocycles. The predicted octanol–water partition coefficient (Wildman–Crippen LogP) is 4.32. The first-order valence-corrected chi connectivity index (χ1v) is 10.6. The minimum absolute atomic E-state index is 0.0709. The molecule has 0 fully saturated rings. The number of aromatic nitrogens is 2. The first-order valence-electron chi connectivity index (χ1n) is 9.75. The van der Waals surface area contributed by atoms with Gasteiger partial charge in [0.05, 0.1) is 17.7 Å². The summed E-state index contributed by atoms with van der Waals surface area (Å²) in [6, 6.07) is 12.2. The van der Waals surface area contributed by atoms with E-state index in [0.29, 0.717) is 5.56 Å². The number of thiophene rings is 1. The van der Waals surface area contributed by atoms with E-state index in [9.17, 15) is 18.8 Å². The van der Waals surface area contributed by atoms with Crippen molar-refractivity contribution < 1.29 is 18.7 Å². The second kappa shape index (κ2) is 8.72. The van der Waals surface area contributed by atoms with Gasteiger partial charge < -0.3 is 10.1 Å². The van der Waals surface area contributed by atoms with Crippen LogP contribution in [0.4, 0.5) is 9.39 Å². The monoisotopic (exact) mass is 451 g/mol. The van der Waals surface area contributed by atoms with Crippen LogP contribution in [-0.2, 0) is 4.74 Å². The minimum Gasteiger partial charge on any atom is -0.461 e. The highest BCUT2D eigenvalue weighted by Gasteiger charge is 2.23. The Bertz CT molecular complexity index is 1390. The van der Waals surface area contributed by atoms with Gasteiger partial charge in [0.25, 0.3) is 11.5 Å². The van der Waals surface area contributed by atoms with Gasteiger partial charge in [0.1, 0.15) is 10.8 Å². The first kappa shape index (κ1) is 21.4. The van der Waals surface area contributed by atoms with Gasteiger partial charge in [-0.15, -0.1) is 11.3 Å². The second-order valence-electron chi connectivity index (χ2n) is 6.88. The maximum Gasteiger partial charge on any atom is 0.359 e. The topological polar surface area (TPSA) is 90.3 Å². The van der Waals surface area contributed by atoms with Gasteiger partial charge in [0.2, 0.25) is 0 Å². The molecule has 162 valence electrons. The average Bonchev–Trinajstić information content (AvgIpc) is 3.19. The van der Waals surface area contributed by atoms with Gasteiger partial charge in [0.15, 0.2) is 5.69 Å². The van der Waals surface area contributed by atoms with Crippen molar-refractivity contribution >= 4 is 39.0 Å². The summed E-state index contributed by atoms with van der Waals surface area (Å²) in [6.45, 7) is 3.59. The van der Waals surface area contributed by atoms with Crippen molar-refractivity contribution in [2.45, 2.75) is 13.8 Å². The Hall–Kier alpha value is -3.85. The number of hydrogen-bond donors (Lipinski definition) is 1. The molecule has 4 rings (SSSR count). The molecule has 0 radical (unpaired) electrons. The zero-order valence-electron chi connectivity index (χ0n) is 17.2. The van der Waals surface area contributed by atoms with Gasteiger partial charge in [0, 0.05) is 16.3 Å². The lowest BCUT2D eigenvalue weighted by Gasteiger charge is -2.10. The molecular formula is C23H18FN3O4S. The van der Waals surface area contributed by atoms with Crippen LogP contribution in [0.3, 0.4) is 0 Å². The maximum atomic E-state index is 13.4. The number of hydrogen-bond acceptors (Lipinski definition) is 6. The van der Waals surface area contributed by atoms with Gasteiger partial charge in [-0.05, 0) is 49.7 Å². The van der Waals surface area contributed by atoms with E-state index in [1.165, 1.54) is 24.3 Å². The molecule has 2 heterocycles. The van der Waals surface area contributed by atoms with Crippen LogP contribution in [0.1, 0.15) is 33.3 Å². The summed E-state index contributed by atoms with van der Waals surface area (Å²) >= 11 is 1.11. The molecule has 1 N–H and O–H groups in total. The summed E-state index contributed by atoms with van der Waals surface area (Å²) in [5.41, 5.74) is 0.890. The predicted molar refractivity (Wildman–Crippen MR) is 120 cm³/mol. The van der Waals surface area contributed by atoms with Crippen molar-refractivity contribution in [2.24, 2.45) is 0 Å². The van der Waals surface area contributed by atoms with Crippen LogP contribution in [0.25, 0.3) is 16.5 Å². The molecule has 0 aliphatic rings. The quantitative estimate of drug-likeness (QED) is 0.457. The molecular weight excluding hydrogens is 433 g/mol. The molecule has 0 spiro atoms. The lowest BCUT2D eigenvalue weighted by atomic mass is 10.1. The molecule has 0 saturated heterocycles. The Morgan fingerprint density at radius 1 is 1.16 bits per heavy atom. The molecule has 9 heteroatoms. The Kier molecular flexibility index (Phi) is 5.83. The number of esters is 1. The van der Waals surface area contributed by atoms with Crippen molar-refractivity contribution in [3.63, 3.8) is 0 Å². The van der Waals surface area contributed by atoms with Crippen LogP contribution in [0.15, 0.2) is 58.7 Å². The number of halogens is 1. The molecule has 0 aliphatic heterocycles. The van der Waals surface area contributed by atoms with Crippen LogP contribution >= 0.6 is 11.3 Å². The number of nitrogens with one attached hydrogen (secondary N) is 1. The maximum absolute atomic E-state index is 13.4. The fourth-order valence-corrected chi connectivity index (χ4v) is 4.18. The number of carbonyl (C=O) groups is 2. The van der Waals surface area contributed by atoms with E-state index in [1.807, 2.05) is 19.1 Å². The number of anilines is 1. The number of aryl methyl sites for hydroxylation is 1. The third-order valence-electron chi connectivity index (χ3n) is 4.81. The zero-order valence-corrected chi connectivity index (χ0v) is 18.0. The normalized spacial score (nSPS) is 10.8. The molecule has 2 aromatic carbocycles. The largest absolute Gasteiger partial charge is 0.461 e. The molecule has 1 amide bonds. The fraction of sp³-hybridized carbons (Fsp3) is 0.130. The standard InChI is InChI=1S/C23H18FN3O4S/c1-3-31-23(30)19-17-12-32-21(25-20(28)16-7-5-4-6-13(16)2)18(17)22(29)27(26-19)15-10-8-14(24)9-11-15/h4-12H,3H2,1-2H3,(H,25,28). The van der Waals surface area contributed by atoms with Crippen LogP contribution in [0.2, 0.25) is 0 Å². The highest BCUT2D eigenvalue weighted by molar-refractivity contribution is 7.16. The number of ether oxygens (including phenoxy) is 1. The lowest BCUT2D eigenvalue weighted by Crippen LogP contribution is -2.25. The molecule has 7 nitrogen and oxygen atoms in total. The highest BCUT2D eigenvalue weighted by atomic mass is 32.1. The van der Waals surface area contributed by atoms with Crippen molar-refractivity contribution in [3.05, 3.63) is 86.9 Å². The molecule has 2 aromatic heterocycles. The first-order chi connectivity index (χ1) is 15.4. The highest BCUT2D eigenvalue weighted by Crippen LogP contribution is 2.31. The van der Waals surface area contributed by atoms with E-state index in [1.54, 1.807) is 24.4 Å². The third-order valence-corrected chi connectivity index (χ3v) is 5.70. The van der Waals surface area contributed by atoms with Gasteiger partial charge in [-0.3, -0.25) is 9.59 Å². The van der Waals surface area contributed by atoms with Crippen LogP contribution < -0.4 is 10.9 Å². The fourth-order valence-electron chi connectivity index (χ4n) is 3.25. The molecule has 0 atom stereocenters. The average molecular weight is 451 g/mol. The van der Waals surface area contributed by atoms with Crippen LogP contribution in [0, 0.1) is 12.7 Å². The molecule has 0 unspecified atom stereocenters. The Morgan fingerprint density at radius 3 is 2.56 bits per heavy atom. The number of fused-ring (bicyclic) bond motifs is 1. The van der Waals surface area contributed by atoms with E-state index in [-0.39, 0.29) is 39.7 Å². The van der Waals surface area contributed by atoms with Crippen LogP contribution in [0.5, 0.6) is 0 Å². The van der Waals surface area contributed by atoms with Crippen molar-refractivity contribution in [3.8, 4) is 5.69 Å². The van der Waals surface area contributed by atoms with Crippen molar-refractivity contribution in [1.29, 1.82) is 0 Å². The minimum atomic E-state index is -0.706. The van der Waals surface area contributed by atoms with Gasteiger partial charge >= 0.3 is 5.97 Å². The van der Waals surface area contributed by atoms with Gasteiger partial charge in [-0.1, -0.05) is 18.2 Å². The molecule has 4 aromatic rings. The van der Waals surface area contributed by atoms with Crippen LogP contribution in [-0.4, -0.2) is 28.3 Å². The summed E-state index contributed by atoms with van der Waals surface area (Å²) in [7, 11) is 0. The Balaban J connectivity index is 1.89. The summed E-state index contributed by atoms with van der Waals surface area (Å²) in [6.07, 6.45) is 0. The van der Waals surface area contributed by atoms with E-state index >= 15 is 0 Å². The zero-order chi connectivity index (χ0) is 22.8. The summed E-state index contributed by atoms with van der Waals surface area (Å²) in [5.74, 6) is -1.56. The Labute approximate surface area is 186 Å². The van der Waals surface area contributed by atoms with Crippen molar-refractivity contribution in [2.75, 3.05) is 11.9 Å². The number of benzene rings is 2. The van der Waals surface area contributed by atoms with Crippen molar-refractivity contribution in [1.82, 2.24) is 9.78 Å². The molecule has 0 bridgehead atoms. The van der Waals surface area contributed by atoms with Gasteiger partial charge in [-0.2, -0.15) is 9.78 Å². The lowest BCUT2D eigenvalue weighted by molar-refractivity contribution is 0.0520. The Morgan fingerprint density at radius 2 is 1.88 bits per heavy atom. The number of nitrogens with zero attached hydrogens (tertiary/aromatic N) is 2. The number of carbonyl (C=O) groups excluding carboxylic acids is 2. The van der Waals surface area contributed by atoms with E-state index in [4.69, 9.17) is 4.74 Å². The summed E-state index contributed by atoms with van der Waals surface area (Å²) in [5, 5.41) is 9.22. The summed E-state index contributed by atoms with van der Waals surface area (Å²) in [4.78, 5) is 38.7. The third kappa shape index (κ3) is 3.90.